The summed E-state index contributed by atoms with van der Waals surface area (Å²) >= 11 is 1.79. The Bertz CT molecular complexity index is 964. The highest BCUT2D eigenvalue weighted by Gasteiger charge is 2.10. The molecule has 2 heteroatoms. The lowest BCUT2D eigenvalue weighted by Gasteiger charge is -2.11. The fourth-order valence-corrected chi connectivity index (χ4v) is 3.79. The third-order valence-corrected chi connectivity index (χ3v) is 5.00. The number of methoxy groups -OCH3 is 1. The third-order valence-electron chi connectivity index (χ3n) is 4.14. The van der Waals surface area contributed by atoms with E-state index in [1.54, 1.807) is 18.4 Å². The number of hydrogen-bond acceptors (Lipinski definition) is 2. The van der Waals surface area contributed by atoms with Crippen LogP contribution in [-0.2, 0) is 0 Å². The zero-order valence-electron chi connectivity index (χ0n) is 12.6. The van der Waals surface area contributed by atoms with E-state index in [1.165, 1.54) is 37.5 Å². The van der Waals surface area contributed by atoms with Crippen LogP contribution < -0.4 is 4.74 Å². The van der Waals surface area contributed by atoms with Gasteiger partial charge in [-0.1, -0.05) is 35.9 Å². The van der Waals surface area contributed by atoms with Crippen molar-refractivity contribution in [1.82, 2.24) is 0 Å². The van der Waals surface area contributed by atoms with Gasteiger partial charge in [-0.2, -0.15) is 0 Å². The van der Waals surface area contributed by atoms with Gasteiger partial charge in [-0.25, -0.2) is 0 Å². The first kappa shape index (κ1) is 13.4. The number of aryl methyl sites for hydroxylation is 1. The maximum atomic E-state index is 5.43. The van der Waals surface area contributed by atoms with Crippen molar-refractivity contribution < 1.29 is 4.74 Å². The fourth-order valence-electron chi connectivity index (χ4n) is 2.94. The van der Waals surface area contributed by atoms with Crippen LogP contribution in [0.15, 0.2) is 60.0 Å². The van der Waals surface area contributed by atoms with E-state index in [9.17, 15) is 0 Å². The first-order valence-corrected chi connectivity index (χ1v) is 8.19. The van der Waals surface area contributed by atoms with Gasteiger partial charge in [-0.05, 0) is 58.5 Å². The number of hydrogen-bond donors (Lipinski definition) is 0. The Morgan fingerprint density at radius 3 is 2.41 bits per heavy atom. The molecule has 0 bridgehead atoms. The molecule has 22 heavy (non-hydrogen) atoms. The van der Waals surface area contributed by atoms with Gasteiger partial charge in [0.1, 0.15) is 5.75 Å². The summed E-state index contributed by atoms with van der Waals surface area (Å²) in [6.07, 6.45) is 0. The van der Waals surface area contributed by atoms with E-state index in [2.05, 4.69) is 60.8 Å². The number of benzene rings is 3. The van der Waals surface area contributed by atoms with Gasteiger partial charge in [0.25, 0.3) is 0 Å². The third kappa shape index (κ3) is 2.08. The molecule has 0 atom stereocenters. The summed E-state index contributed by atoms with van der Waals surface area (Å²) in [4.78, 5) is 0. The van der Waals surface area contributed by atoms with E-state index in [1.807, 2.05) is 6.07 Å². The molecule has 0 radical (unpaired) electrons. The SMILES string of the molecule is COc1ccc2c(c1)c(-c1ccc(C)cc1)cc1sccc12. The summed E-state index contributed by atoms with van der Waals surface area (Å²) in [5.74, 6) is 0.899. The first-order chi connectivity index (χ1) is 10.8. The van der Waals surface area contributed by atoms with E-state index < -0.39 is 0 Å². The van der Waals surface area contributed by atoms with E-state index in [-0.39, 0.29) is 0 Å². The zero-order chi connectivity index (χ0) is 15.1. The minimum atomic E-state index is 0.899. The number of ether oxygens (including phenoxy) is 1. The van der Waals surface area contributed by atoms with Gasteiger partial charge in [0.05, 0.1) is 7.11 Å². The molecule has 0 fully saturated rings. The molecule has 0 saturated carbocycles. The Morgan fingerprint density at radius 1 is 0.818 bits per heavy atom. The predicted molar refractivity (Wildman–Crippen MR) is 96.1 cm³/mol. The fraction of sp³-hybridized carbons (Fsp3) is 0.100. The van der Waals surface area contributed by atoms with E-state index in [0.717, 1.165) is 5.75 Å². The Morgan fingerprint density at radius 2 is 1.64 bits per heavy atom. The molecule has 0 saturated heterocycles. The maximum Gasteiger partial charge on any atom is 0.119 e. The Kier molecular flexibility index (Phi) is 3.12. The minimum absolute atomic E-state index is 0.899. The highest BCUT2D eigenvalue weighted by atomic mass is 32.1. The summed E-state index contributed by atoms with van der Waals surface area (Å²) in [7, 11) is 1.72. The van der Waals surface area contributed by atoms with Gasteiger partial charge in [-0.15, -0.1) is 11.3 Å². The van der Waals surface area contributed by atoms with Crippen LogP contribution in [0.5, 0.6) is 5.75 Å². The van der Waals surface area contributed by atoms with E-state index in [4.69, 9.17) is 4.74 Å². The van der Waals surface area contributed by atoms with Gasteiger partial charge < -0.3 is 4.74 Å². The second kappa shape index (κ2) is 5.15. The maximum absolute atomic E-state index is 5.43. The Labute approximate surface area is 133 Å². The largest absolute Gasteiger partial charge is 0.497 e. The molecule has 0 aliphatic rings. The average Bonchev–Trinajstić information content (AvgIpc) is 3.03. The smallest absolute Gasteiger partial charge is 0.119 e. The number of rotatable bonds is 2. The molecular weight excluding hydrogens is 288 g/mol. The van der Waals surface area contributed by atoms with Gasteiger partial charge in [0.2, 0.25) is 0 Å². The molecule has 4 rings (SSSR count). The summed E-state index contributed by atoms with van der Waals surface area (Å²) in [6.45, 7) is 2.12. The van der Waals surface area contributed by atoms with Crippen LogP contribution in [0, 0.1) is 6.92 Å². The van der Waals surface area contributed by atoms with Crippen molar-refractivity contribution in [2.75, 3.05) is 7.11 Å². The topological polar surface area (TPSA) is 9.23 Å². The number of thiophene rings is 1. The van der Waals surface area contributed by atoms with E-state index in [0.29, 0.717) is 0 Å². The molecule has 0 spiro atoms. The summed E-state index contributed by atoms with van der Waals surface area (Å²) < 4.78 is 6.76. The molecule has 1 nitrogen and oxygen atoms in total. The monoisotopic (exact) mass is 304 g/mol. The highest BCUT2D eigenvalue weighted by Crippen LogP contribution is 2.38. The van der Waals surface area contributed by atoms with Crippen molar-refractivity contribution in [2.24, 2.45) is 0 Å². The predicted octanol–water partition coefficient (Wildman–Crippen LogP) is 6.04. The quantitative estimate of drug-likeness (QED) is 0.439. The van der Waals surface area contributed by atoms with Crippen molar-refractivity contribution in [3.63, 3.8) is 0 Å². The lowest BCUT2D eigenvalue weighted by atomic mass is 9.95. The van der Waals surface area contributed by atoms with Crippen LogP contribution in [0.2, 0.25) is 0 Å². The minimum Gasteiger partial charge on any atom is -0.497 e. The second-order valence-electron chi connectivity index (χ2n) is 5.53. The normalized spacial score (nSPS) is 11.2. The molecule has 3 aromatic carbocycles. The van der Waals surface area contributed by atoms with Gasteiger partial charge >= 0.3 is 0 Å². The standard InChI is InChI=1S/C20H16OS/c1-13-3-5-14(6-4-13)18-12-20-17(9-10-22-20)16-8-7-15(21-2)11-19(16)18/h3-12H,1-2H3. The van der Waals surface area contributed by atoms with Crippen LogP contribution in [0.3, 0.4) is 0 Å². The van der Waals surface area contributed by atoms with Crippen molar-refractivity contribution in [3.8, 4) is 16.9 Å². The van der Waals surface area contributed by atoms with Crippen molar-refractivity contribution in [2.45, 2.75) is 6.92 Å². The molecule has 0 unspecified atom stereocenters. The highest BCUT2D eigenvalue weighted by molar-refractivity contribution is 7.17. The summed E-state index contributed by atoms with van der Waals surface area (Å²) in [5.41, 5.74) is 3.80. The van der Waals surface area contributed by atoms with E-state index >= 15 is 0 Å². The van der Waals surface area contributed by atoms with Crippen molar-refractivity contribution in [3.05, 3.63) is 65.5 Å². The van der Waals surface area contributed by atoms with Crippen LogP contribution in [0.25, 0.3) is 32.0 Å². The summed E-state index contributed by atoms with van der Waals surface area (Å²) in [6, 6.07) is 19.6. The molecule has 108 valence electrons. The Hall–Kier alpha value is -2.32. The van der Waals surface area contributed by atoms with Crippen LogP contribution in [0.4, 0.5) is 0 Å². The molecule has 0 amide bonds. The van der Waals surface area contributed by atoms with Crippen LogP contribution in [-0.4, -0.2) is 7.11 Å². The molecule has 1 aromatic heterocycles. The van der Waals surface area contributed by atoms with Crippen molar-refractivity contribution >= 4 is 32.2 Å². The Balaban J connectivity index is 2.11. The van der Waals surface area contributed by atoms with Crippen LogP contribution in [0.1, 0.15) is 5.56 Å². The van der Waals surface area contributed by atoms with Gasteiger partial charge in [-0.3, -0.25) is 0 Å². The number of fused-ring (bicyclic) bond motifs is 3. The van der Waals surface area contributed by atoms with Gasteiger partial charge in [0, 0.05) is 10.1 Å². The molecule has 0 aliphatic carbocycles. The first-order valence-electron chi connectivity index (χ1n) is 7.31. The van der Waals surface area contributed by atoms with Crippen LogP contribution >= 0.6 is 11.3 Å². The molecule has 0 aliphatic heterocycles. The average molecular weight is 304 g/mol. The second-order valence-corrected chi connectivity index (χ2v) is 6.48. The zero-order valence-corrected chi connectivity index (χ0v) is 13.4. The molecule has 4 aromatic rings. The molecule has 1 heterocycles. The van der Waals surface area contributed by atoms with Gasteiger partial charge in [0.15, 0.2) is 0 Å². The summed E-state index contributed by atoms with van der Waals surface area (Å²) in [5, 5.41) is 6.01. The lowest BCUT2D eigenvalue weighted by molar-refractivity contribution is 0.415. The molecular formula is C20H16OS. The molecule has 0 N–H and O–H groups in total. The lowest BCUT2D eigenvalue weighted by Crippen LogP contribution is -1.86. The van der Waals surface area contributed by atoms with Crippen molar-refractivity contribution in [1.29, 1.82) is 0 Å².